The summed E-state index contributed by atoms with van der Waals surface area (Å²) in [4.78, 5) is 0. The molecule has 2 nitrogen and oxygen atoms in total. The van der Waals surface area contributed by atoms with Crippen LogP contribution in [0.2, 0.25) is 0 Å². The highest BCUT2D eigenvalue weighted by molar-refractivity contribution is 5.07. The van der Waals surface area contributed by atoms with Crippen molar-refractivity contribution in [3.05, 3.63) is 46.6 Å². The molecule has 0 saturated carbocycles. The highest BCUT2D eigenvalue weighted by Crippen LogP contribution is 2.13. The van der Waals surface area contributed by atoms with Crippen LogP contribution in [0.5, 0.6) is 0 Å². The maximum Gasteiger partial charge on any atom is 0.0670 e. The minimum Gasteiger partial charge on any atom is -0.392 e. The van der Waals surface area contributed by atoms with Gasteiger partial charge in [-0.15, -0.1) is 0 Å². The molecule has 2 heteroatoms. The molecule has 0 rings (SSSR count). The maximum absolute atomic E-state index is 8.82. The molecule has 0 aliphatic rings. The van der Waals surface area contributed by atoms with Gasteiger partial charge in [0.2, 0.25) is 0 Å². The minimum atomic E-state index is 0.152. The van der Waals surface area contributed by atoms with Gasteiger partial charge in [-0.1, -0.05) is 46.6 Å². The van der Waals surface area contributed by atoms with Gasteiger partial charge in [-0.2, -0.15) is 0 Å². The Morgan fingerprint density at radius 3 is 1.48 bits per heavy atom. The third-order valence-corrected chi connectivity index (χ3v) is 3.91. The smallest absolute Gasteiger partial charge is 0.0670 e. The lowest BCUT2D eigenvalue weighted by Gasteiger charge is -2.03. The van der Waals surface area contributed by atoms with Crippen molar-refractivity contribution in [1.29, 1.82) is 0 Å². The Hall–Kier alpha value is -1.12. The summed E-state index contributed by atoms with van der Waals surface area (Å²) in [5, 5.41) is 8.82. The van der Waals surface area contributed by atoms with Gasteiger partial charge in [0.05, 0.1) is 13.2 Å². The monoisotopic (exact) mass is 320 g/mol. The normalized spacial score (nSPS) is 14.5. The lowest BCUT2D eigenvalue weighted by molar-refractivity contribution is 0.225. The van der Waals surface area contributed by atoms with Crippen molar-refractivity contribution in [2.24, 2.45) is 0 Å². The molecule has 0 atom stereocenters. The van der Waals surface area contributed by atoms with Crippen LogP contribution in [0.3, 0.4) is 0 Å². The van der Waals surface area contributed by atoms with E-state index in [1.807, 2.05) is 6.08 Å². The van der Waals surface area contributed by atoms with Crippen molar-refractivity contribution in [2.45, 2.75) is 66.2 Å². The summed E-state index contributed by atoms with van der Waals surface area (Å²) in [5.41, 5.74) is 5.51. The SMILES string of the molecule is COC/C(C)=C/CC/C(C)=C/CC/C(C)=C/CC/C(C)=C/CO. The van der Waals surface area contributed by atoms with E-state index in [4.69, 9.17) is 9.84 Å². The average molecular weight is 321 g/mol. The second kappa shape index (κ2) is 14.5. The van der Waals surface area contributed by atoms with Crippen molar-refractivity contribution >= 4 is 0 Å². The fourth-order valence-corrected chi connectivity index (χ4v) is 2.39. The highest BCUT2D eigenvalue weighted by atomic mass is 16.5. The van der Waals surface area contributed by atoms with E-state index in [0.29, 0.717) is 0 Å². The Morgan fingerprint density at radius 1 is 0.696 bits per heavy atom. The number of allylic oxidation sites excluding steroid dienone is 6. The van der Waals surface area contributed by atoms with Crippen molar-refractivity contribution in [1.82, 2.24) is 0 Å². The molecular weight excluding hydrogens is 284 g/mol. The molecule has 0 unspecified atom stereocenters. The van der Waals surface area contributed by atoms with Crippen LogP contribution in [-0.2, 0) is 4.74 Å². The molecule has 1 N–H and O–H groups in total. The number of hydrogen-bond acceptors (Lipinski definition) is 2. The zero-order valence-corrected chi connectivity index (χ0v) is 15.8. The Labute approximate surface area is 143 Å². The van der Waals surface area contributed by atoms with Gasteiger partial charge in [-0.25, -0.2) is 0 Å². The molecular formula is C21H36O2. The number of hydrogen-bond donors (Lipinski definition) is 1. The maximum atomic E-state index is 8.82. The summed E-state index contributed by atoms with van der Waals surface area (Å²) in [7, 11) is 1.74. The first-order chi connectivity index (χ1) is 11.0. The van der Waals surface area contributed by atoms with E-state index in [9.17, 15) is 0 Å². The van der Waals surface area contributed by atoms with E-state index >= 15 is 0 Å². The van der Waals surface area contributed by atoms with Gasteiger partial charge in [0.25, 0.3) is 0 Å². The van der Waals surface area contributed by atoms with Gasteiger partial charge in [0.15, 0.2) is 0 Å². The van der Waals surface area contributed by atoms with Crippen LogP contribution >= 0.6 is 0 Å². The van der Waals surface area contributed by atoms with Crippen molar-refractivity contribution in [3.8, 4) is 0 Å². The first kappa shape index (κ1) is 21.9. The van der Waals surface area contributed by atoms with Crippen LogP contribution in [0.15, 0.2) is 46.6 Å². The van der Waals surface area contributed by atoms with E-state index in [-0.39, 0.29) is 6.61 Å². The molecule has 0 spiro atoms. The fraction of sp³-hybridized carbons (Fsp3) is 0.619. The van der Waals surface area contributed by atoms with Gasteiger partial charge in [-0.3, -0.25) is 0 Å². The third-order valence-electron chi connectivity index (χ3n) is 3.91. The Balaban J connectivity index is 3.97. The van der Waals surface area contributed by atoms with Gasteiger partial charge < -0.3 is 9.84 Å². The number of methoxy groups -OCH3 is 1. The Bertz CT molecular complexity index is 425. The lowest BCUT2D eigenvalue weighted by atomic mass is 10.0. The molecule has 0 amide bonds. The number of ether oxygens (including phenoxy) is 1. The van der Waals surface area contributed by atoms with Gasteiger partial charge in [0.1, 0.15) is 0 Å². The topological polar surface area (TPSA) is 29.5 Å². The molecule has 0 aromatic carbocycles. The predicted octanol–water partition coefficient (Wildman–Crippen LogP) is 5.75. The van der Waals surface area contributed by atoms with Crippen LogP contribution in [-0.4, -0.2) is 25.4 Å². The second-order valence-electron chi connectivity index (χ2n) is 6.43. The number of rotatable bonds is 12. The largest absolute Gasteiger partial charge is 0.392 e. The van der Waals surface area contributed by atoms with E-state index in [2.05, 4.69) is 45.9 Å². The quantitative estimate of drug-likeness (QED) is 0.464. The summed E-state index contributed by atoms with van der Waals surface area (Å²) in [6.45, 7) is 9.52. The molecule has 0 fully saturated rings. The molecule has 132 valence electrons. The van der Waals surface area contributed by atoms with Crippen molar-refractivity contribution in [2.75, 3.05) is 20.3 Å². The molecule has 0 radical (unpaired) electrons. The average Bonchev–Trinajstić information content (AvgIpc) is 2.47. The van der Waals surface area contributed by atoms with Crippen molar-refractivity contribution < 1.29 is 9.84 Å². The van der Waals surface area contributed by atoms with Crippen LogP contribution in [0.1, 0.15) is 66.2 Å². The molecule has 0 heterocycles. The molecule has 0 aliphatic heterocycles. The molecule has 0 aromatic heterocycles. The minimum absolute atomic E-state index is 0.152. The number of aliphatic hydroxyl groups excluding tert-OH is 1. The van der Waals surface area contributed by atoms with E-state index < -0.39 is 0 Å². The molecule has 23 heavy (non-hydrogen) atoms. The van der Waals surface area contributed by atoms with Crippen LogP contribution in [0.25, 0.3) is 0 Å². The zero-order valence-electron chi connectivity index (χ0n) is 15.8. The highest BCUT2D eigenvalue weighted by Gasteiger charge is 1.94. The molecule has 0 bridgehead atoms. The predicted molar refractivity (Wildman–Crippen MR) is 102 cm³/mol. The molecule has 0 aliphatic carbocycles. The van der Waals surface area contributed by atoms with Crippen LogP contribution in [0, 0.1) is 0 Å². The first-order valence-electron chi connectivity index (χ1n) is 8.72. The fourth-order valence-electron chi connectivity index (χ4n) is 2.39. The van der Waals surface area contributed by atoms with E-state index in [1.54, 1.807) is 7.11 Å². The summed E-state index contributed by atoms with van der Waals surface area (Å²) in [6, 6.07) is 0. The summed E-state index contributed by atoms with van der Waals surface area (Å²) >= 11 is 0. The Kier molecular flexibility index (Phi) is 13.8. The third kappa shape index (κ3) is 14.2. The van der Waals surface area contributed by atoms with E-state index in [0.717, 1.165) is 45.1 Å². The standard InChI is InChI=1S/C21H36O2/c1-18(11-7-13-20(3)15-16-22)9-6-10-19(2)12-8-14-21(4)17-23-5/h10-11,14-15,22H,6-9,12-13,16-17H2,1-5H3/b18-11+,19-10+,20-15+,21-14+. The summed E-state index contributed by atoms with van der Waals surface area (Å²) < 4.78 is 5.11. The lowest BCUT2D eigenvalue weighted by Crippen LogP contribution is -1.89. The van der Waals surface area contributed by atoms with E-state index in [1.165, 1.54) is 22.3 Å². The van der Waals surface area contributed by atoms with Crippen molar-refractivity contribution in [3.63, 3.8) is 0 Å². The zero-order chi connectivity index (χ0) is 17.5. The van der Waals surface area contributed by atoms with Crippen LogP contribution in [0.4, 0.5) is 0 Å². The van der Waals surface area contributed by atoms with Crippen LogP contribution < -0.4 is 0 Å². The van der Waals surface area contributed by atoms with Gasteiger partial charge in [-0.05, 0) is 66.2 Å². The summed E-state index contributed by atoms with van der Waals surface area (Å²) in [5.74, 6) is 0. The second-order valence-corrected chi connectivity index (χ2v) is 6.43. The van der Waals surface area contributed by atoms with Gasteiger partial charge >= 0.3 is 0 Å². The van der Waals surface area contributed by atoms with Gasteiger partial charge in [0, 0.05) is 7.11 Å². The summed E-state index contributed by atoms with van der Waals surface area (Å²) in [6.07, 6.45) is 15.5. The first-order valence-corrected chi connectivity index (χ1v) is 8.72. The Morgan fingerprint density at radius 2 is 1.09 bits per heavy atom. The number of aliphatic hydroxyl groups is 1. The molecule has 0 aromatic rings. The molecule has 0 saturated heterocycles.